The summed E-state index contributed by atoms with van der Waals surface area (Å²) in [6.07, 6.45) is 4.43. The van der Waals surface area contributed by atoms with Crippen molar-refractivity contribution in [1.29, 1.82) is 0 Å². The van der Waals surface area contributed by atoms with Crippen LogP contribution >= 0.6 is 0 Å². The highest BCUT2D eigenvalue weighted by molar-refractivity contribution is 7.90. The predicted octanol–water partition coefficient (Wildman–Crippen LogP) is 0.259. The average Bonchev–Trinajstić information content (AvgIpc) is 2.51. The maximum Gasteiger partial charge on any atom is 0.326 e. The third-order valence-corrected chi connectivity index (χ3v) is 4.79. The molecule has 10 heteroatoms. The van der Waals surface area contributed by atoms with Crippen molar-refractivity contribution in [3.05, 3.63) is 23.9 Å². The standard InChI is InChI=1S/C16H23N3O6S/c1-16(2,3)25-8-6-12(15(21)22)17-14(20)11-4-5-13-18-26(23,24)9-7-19(13)10-11/h4-5,10,12H,6-9H2,1-3H3,(H,17,20)(H,21,22). The molecule has 2 rings (SSSR count). The number of nitrogens with one attached hydrogen (secondary N) is 1. The maximum atomic E-state index is 12.4. The third kappa shape index (κ3) is 5.67. The van der Waals surface area contributed by atoms with Crippen molar-refractivity contribution in [1.82, 2.24) is 10.2 Å². The van der Waals surface area contributed by atoms with Gasteiger partial charge in [0.05, 0.1) is 16.9 Å². The summed E-state index contributed by atoms with van der Waals surface area (Å²) in [6, 6.07) is -1.09. The van der Waals surface area contributed by atoms with Crippen LogP contribution in [0.4, 0.5) is 0 Å². The highest BCUT2D eigenvalue weighted by Crippen LogP contribution is 2.16. The van der Waals surface area contributed by atoms with Crippen molar-refractivity contribution in [2.45, 2.75) is 38.8 Å². The van der Waals surface area contributed by atoms with E-state index in [9.17, 15) is 23.1 Å². The second kappa shape index (κ2) is 7.58. The predicted molar refractivity (Wildman–Crippen MR) is 95.0 cm³/mol. The van der Waals surface area contributed by atoms with Crippen LogP contribution in [0.1, 0.15) is 27.2 Å². The molecule has 1 unspecified atom stereocenters. The van der Waals surface area contributed by atoms with Gasteiger partial charge in [0, 0.05) is 25.8 Å². The van der Waals surface area contributed by atoms with Crippen molar-refractivity contribution in [2.75, 3.05) is 18.9 Å². The summed E-state index contributed by atoms with van der Waals surface area (Å²) in [4.78, 5) is 25.3. The lowest BCUT2D eigenvalue weighted by Crippen LogP contribution is -2.44. The first kappa shape index (κ1) is 20.1. The minimum atomic E-state index is -3.47. The normalized spacial score (nSPS) is 19.9. The van der Waals surface area contributed by atoms with E-state index in [1.165, 1.54) is 18.4 Å². The van der Waals surface area contributed by atoms with E-state index in [0.29, 0.717) is 0 Å². The highest BCUT2D eigenvalue weighted by atomic mass is 32.2. The minimum absolute atomic E-state index is 0.129. The molecule has 2 heterocycles. The Kier molecular flexibility index (Phi) is 5.87. The number of carboxylic acids is 1. The molecule has 0 spiro atoms. The maximum absolute atomic E-state index is 12.4. The fourth-order valence-electron chi connectivity index (χ4n) is 2.32. The van der Waals surface area contributed by atoms with Gasteiger partial charge in [-0.3, -0.25) is 4.79 Å². The van der Waals surface area contributed by atoms with Crippen LogP contribution in [0.25, 0.3) is 0 Å². The summed E-state index contributed by atoms with van der Waals surface area (Å²) in [6.45, 7) is 5.95. The smallest absolute Gasteiger partial charge is 0.326 e. The van der Waals surface area contributed by atoms with Crippen molar-refractivity contribution in [3.63, 3.8) is 0 Å². The molecule has 2 aliphatic rings. The lowest BCUT2D eigenvalue weighted by Gasteiger charge is -2.27. The number of amidine groups is 1. The van der Waals surface area contributed by atoms with Gasteiger partial charge in [-0.15, -0.1) is 4.40 Å². The molecular formula is C16H23N3O6S. The second-order valence-corrected chi connectivity index (χ2v) is 8.72. The Morgan fingerprint density at radius 1 is 1.38 bits per heavy atom. The summed E-state index contributed by atoms with van der Waals surface area (Å²) >= 11 is 0. The molecule has 144 valence electrons. The number of ether oxygens (including phenoxy) is 1. The Labute approximate surface area is 152 Å². The monoisotopic (exact) mass is 385 g/mol. The summed E-state index contributed by atoms with van der Waals surface area (Å²) in [5.41, 5.74) is -0.169. The van der Waals surface area contributed by atoms with Crippen molar-refractivity contribution in [3.8, 4) is 0 Å². The topological polar surface area (TPSA) is 125 Å². The Bertz CT molecular complexity index is 776. The summed E-state index contributed by atoms with van der Waals surface area (Å²) in [7, 11) is -3.47. The Hall–Kier alpha value is -2.20. The van der Waals surface area contributed by atoms with Crippen LogP contribution in [-0.4, -0.2) is 66.7 Å². The molecule has 0 bridgehead atoms. The van der Waals surface area contributed by atoms with E-state index >= 15 is 0 Å². The molecular weight excluding hydrogens is 362 g/mol. The molecule has 0 saturated heterocycles. The average molecular weight is 385 g/mol. The lowest BCUT2D eigenvalue weighted by atomic mass is 10.1. The van der Waals surface area contributed by atoms with Gasteiger partial charge in [0.25, 0.3) is 15.9 Å². The molecule has 0 aromatic heterocycles. The summed E-state index contributed by atoms with van der Waals surface area (Å²) in [5.74, 6) is -1.61. The second-order valence-electron chi connectivity index (χ2n) is 6.96. The van der Waals surface area contributed by atoms with Crippen molar-refractivity contribution in [2.24, 2.45) is 4.40 Å². The number of fused-ring (bicyclic) bond motifs is 1. The largest absolute Gasteiger partial charge is 0.480 e. The fraction of sp³-hybridized carbons (Fsp3) is 0.562. The van der Waals surface area contributed by atoms with Crippen LogP contribution in [0.3, 0.4) is 0 Å². The van der Waals surface area contributed by atoms with Crippen LogP contribution in [0.5, 0.6) is 0 Å². The number of rotatable bonds is 6. The molecule has 2 aliphatic heterocycles. The molecule has 9 nitrogen and oxygen atoms in total. The molecule has 1 atom stereocenters. The van der Waals surface area contributed by atoms with Gasteiger partial charge in [0.1, 0.15) is 11.9 Å². The zero-order valence-electron chi connectivity index (χ0n) is 14.9. The SMILES string of the molecule is CC(C)(C)OCCC(NC(=O)C1=CN2CCS(=O)(=O)N=C2C=C1)C(=O)O. The van der Waals surface area contributed by atoms with E-state index in [1.807, 2.05) is 20.8 Å². The van der Waals surface area contributed by atoms with Crippen molar-refractivity contribution < 1.29 is 27.9 Å². The molecule has 0 fully saturated rings. The molecule has 0 saturated carbocycles. The highest BCUT2D eigenvalue weighted by Gasteiger charge is 2.27. The van der Waals surface area contributed by atoms with Gasteiger partial charge in [-0.2, -0.15) is 0 Å². The zero-order valence-corrected chi connectivity index (χ0v) is 15.7. The molecule has 26 heavy (non-hydrogen) atoms. The Balaban J connectivity index is 2.01. The number of nitrogens with zero attached hydrogens (tertiary/aromatic N) is 2. The number of sulfonamides is 1. The first-order chi connectivity index (χ1) is 12.0. The minimum Gasteiger partial charge on any atom is -0.480 e. The first-order valence-electron chi connectivity index (χ1n) is 8.14. The number of hydrogen-bond donors (Lipinski definition) is 2. The number of carbonyl (C=O) groups excluding carboxylic acids is 1. The Morgan fingerprint density at radius 3 is 2.69 bits per heavy atom. The number of amides is 1. The summed E-state index contributed by atoms with van der Waals surface area (Å²) < 4.78 is 32.1. The quantitative estimate of drug-likeness (QED) is 0.672. The van der Waals surface area contributed by atoms with Crippen LogP contribution in [0.2, 0.25) is 0 Å². The molecule has 0 aliphatic carbocycles. The van der Waals surface area contributed by atoms with Gasteiger partial charge in [-0.05, 0) is 32.9 Å². The van der Waals surface area contributed by atoms with Gasteiger partial charge >= 0.3 is 5.97 Å². The van der Waals surface area contributed by atoms with Crippen LogP contribution < -0.4 is 5.32 Å². The number of carboxylic acid groups (broad SMARTS) is 1. The van der Waals surface area contributed by atoms with Crippen molar-refractivity contribution >= 4 is 27.7 Å². The van der Waals surface area contributed by atoms with Gasteiger partial charge in [-0.1, -0.05) is 0 Å². The molecule has 2 N–H and O–H groups in total. The van der Waals surface area contributed by atoms with E-state index in [2.05, 4.69) is 9.71 Å². The summed E-state index contributed by atoms with van der Waals surface area (Å²) in [5, 5.41) is 11.8. The number of carbonyl (C=O) groups is 2. The Morgan fingerprint density at radius 2 is 2.08 bits per heavy atom. The van der Waals surface area contributed by atoms with Gasteiger partial charge in [-0.25, -0.2) is 13.2 Å². The van der Waals surface area contributed by atoms with E-state index in [4.69, 9.17) is 4.74 Å². The number of aliphatic carboxylic acids is 1. The lowest BCUT2D eigenvalue weighted by molar-refractivity contribution is -0.142. The van der Waals surface area contributed by atoms with E-state index in [0.717, 1.165) is 0 Å². The van der Waals surface area contributed by atoms with Gasteiger partial charge in [0.2, 0.25) is 0 Å². The van der Waals surface area contributed by atoms with Gasteiger partial charge in [0.15, 0.2) is 0 Å². The van der Waals surface area contributed by atoms with E-state index in [1.54, 1.807) is 4.90 Å². The van der Waals surface area contributed by atoms with Crippen LogP contribution in [0.15, 0.2) is 28.3 Å². The molecule has 0 radical (unpaired) electrons. The van der Waals surface area contributed by atoms with Gasteiger partial charge < -0.3 is 20.1 Å². The third-order valence-electron chi connectivity index (χ3n) is 3.63. The number of hydrogen-bond acceptors (Lipinski definition) is 6. The molecule has 0 aromatic rings. The van der Waals surface area contributed by atoms with E-state index in [-0.39, 0.29) is 36.7 Å². The van der Waals surface area contributed by atoms with Crippen LogP contribution in [-0.2, 0) is 24.3 Å². The zero-order chi connectivity index (χ0) is 19.5. The first-order valence-corrected chi connectivity index (χ1v) is 9.74. The van der Waals surface area contributed by atoms with E-state index < -0.39 is 33.5 Å². The molecule has 1 amide bonds. The fourth-order valence-corrected chi connectivity index (χ4v) is 3.29. The molecule has 0 aromatic carbocycles. The van der Waals surface area contributed by atoms with Crippen LogP contribution in [0, 0.1) is 0 Å².